The summed E-state index contributed by atoms with van der Waals surface area (Å²) in [6, 6.07) is 8.47. The first-order valence-electron chi connectivity index (χ1n) is 13.3. The van der Waals surface area contributed by atoms with Crippen LogP contribution in [0.15, 0.2) is 61.5 Å². The van der Waals surface area contributed by atoms with Gasteiger partial charge in [0.15, 0.2) is 0 Å². The van der Waals surface area contributed by atoms with Crippen LogP contribution in [0.4, 0.5) is 5.69 Å². The molecule has 2 N–H and O–H groups in total. The molecule has 38 heavy (non-hydrogen) atoms. The van der Waals surface area contributed by atoms with Gasteiger partial charge < -0.3 is 20.1 Å². The van der Waals surface area contributed by atoms with Gasteiger partial charge in [-0.3, -0.25) is 9.69 Å². The number of dihydropyridines is 1. The lowest BCUT2D eigenvalue weighted by Gasteiger charge is -2.34. The number of fused-ring (bicyclic) bond motifs is 2. The second kappa shape index (κ2) is 10.4. The number of benzene rings is 1. The van der Waals surface area contributed by atoms with Crippen LogP contribution in [0.1, 0.15) is 17.7 Å². The summed E-state index contributed by atoms with van der Waals surface area (Å²) in [6.45, 7) is 9.80. The molecule has 7 nitrogen and oxygen atoms in total. The summed E-state index contributed by atoms with van der Waals surface area (Å²) in [5, 5.41) is 5.13. The van der Waals surface area contributed by atoms with E-state index >= 15 is 0 Å². The van der Waals surface area contributed by atoms with E-state index in [0.29, 0.717) is 11.6 Å². The van der Waals surface area contributed by atoms with E-state index in [2.05, 4.69) is 75.3 Å². The van der Waals surface area contributed by atoms with Crippen molar-refractivity contribution in [2.75, 3.05) is 51.2 Å². The Balaban J connectivity index is 1.36. The largest absolute Gasteiger partial charge is 0.383 e. The predicted octanol–water partition coefficient (Wildman–Crippen LogP) is 4.46. The number of pyridine rings is 1. The van der Waals surface area contributed by atoms with Gasteiger partial charge in [-0.1, -0.05) is 42.5 Å². The molecule has 0 radical (unpaired) electrons. The number of carbonyl (C=O) groups excluding carboxylic acids is 1. The van der Waals surface area contributed by atoms with Crippen LogP contribution in [0.5, 0.6) is 0 Å². The Labute approximate surface area is 228 Å². The molecular weight excluding hydrogens is 496 g/mol. The van der Waals surface area contributed by atoms with Gasteiger partial charge in [0.25, 0.3) is 0 Å². The Morgan fingerprint density at radius 1 is 1.21 bits per heavy atom. The number of aromatic amines is 1. The fourth-order valence-corrected chi connectivity index (χ4v) is 5.99. The number of piperazine rings is 1. The molecule has 3 aromatic rings. The van der Waals surface area contributed by atoms with Gasteiger partial charge in [-0.15, -0.1) is 0 Å². The van der Waals surface area contributed by atoms with Gasteiger partial charge in [0.2, 0.25) is 5.91 Å². The number of aryl methyl sites for hydroxylation is 1. The lowest BCUT2D eigenvalue weighted by molar-refractivity contribution is -0.114. The molecule has 2 aromatic heterocycles. The summed E-state index contributed by atoms with van der Waals surface area (Å²) < 4.78 is 0. The van der Waals surface area contributed by atoms with Crippen LogP contribution in [0.3, 0.4) is 0 Å². The molecule has 1 unspecified atom stereocenters. The van der Waals surface area contributed by atoms with Crippen LogP contribution in [0, 0.1) is 0 Å². The van der Waals surface area contributed by atoms with Crippen molar-refractivity contribution in [3.8, 4) is 11.1 Å². The lowest BCUT2D eigenvalue weighted by Crippen LogP contribution is -2.48. The van der Waals surface area contributed by atoms with Crippen molar-refractivity contribution < 1.29 is 4.79 Å². The van der Waals surface area contributed by atoms with Crippen LogP contribution < -0.4 is 10.2 Å². The first-order chi connectivity index (χ1) is 18.5. The van der Waals surface area contributed by atoms with Crippen LogP contribution in [0.25, 0.3) is 27.7 Å². The normalized spacial score (nSPS) is 20.2. The highest BCUT2D eigenvalue weighted by molar-refractivity contribution is 6.36. The van der Waals surface area contributed by atoms with Crippen LogP contribution in [-0.4, -0.2) is 78.0 Å². The van der Waals surface area contributed by atoms with Crippen LogP contribution in [-0.2, 0) is 11.2 Å². The average Bonchev–Trinajstić information content (AvgIpc) is 3.34. The number of aromatic nitrogens is 2. The van der Waals surface area contributed by atoms with Gasteiger partial charge in [-0.2, -0.15) is 0 Å². The van der Waals surface area contributed by atoms with Gasteiger partial charge in [0.1, 0.15) is 5.65 Å². The molecule has 6 rings (SSSR count). The number of nitrogens with zero attached hydrogens (tertiary/aromatic N) is 4. The maximum Gasteiger partial charge on any atom is 0.250 e. The minimum Gasteiger partial charge on any atom is -0.383 e. The number of carbonyl (C=O) groups is 1. The topological polar surface area (TPSA) is 67.5 Å². The molecule has 3 aliphatic heterocycles. The number of H-pyrrole nitrogens is 1. The molecule has 1 fully saturated rings. The molecule has 3 aliphatic rings. The molecule has 8 heteroatoms. The van der Waals surface area contributed by atoms with Crippen molar-refractivity contribution in [3.05, 3.63) is 77.7 Å². The summed E-state index contributed by atoms with van der Waals surface area (Å²) in [5.74, 6) is -0.0736. The Bertz CT molecular complexity index is 1450. The number of hydrogen-bond donors (Lipinski definition) is 2. The second-order valence-electron chi connectivity index (χ2n) is 10.4. The molecular formula is C30H33ClN6O. The van der Waals surface area contributed by atoms with Crippen molar-refractivity contribution in [1.29, 1.82) is 0 Å². The molecule has 0 bridgehead atoms. The summed E-state index contributed by atoms with van der Waals surface area (Å²) in [7, 11) is 2.18. The number of allylic oxidation sites excluding steroid dienone is 2. The molecule has 5 heterocycles. The van der Waals surface area contributed by atoms with E-state index in [1.165, 1.54) is 11.6 Å². The molecule has 0 aliphatic carbocycles. The number of likely N-dealkylation sites (N-methyl/N-ethyl adjacent to an activating group) is 1. The van der Waals surface area contributed by atoms with Gasteiger partial charge in [0, 0.05) is 73.9 Å². The first kappa shape index (κ1) is 24.9. The third-order valence-corrected chi connectivity index (χ3v) is 8.19. The maximum absolute atomic E-state index is 12.6. The third kappa shape index (κ3) is 4.66. The standard InChI is InChI=1S/C30H33ClN6O/c1-3-26(38)37-12-4-5-20-6-7-21(17-25(20)37)27-28-24(31)10-11-32-30(28)34-29(27)22-8-9-23(33-18-22)19-36-15-13-35(2)14-16-36/h3,6-11,17-18,23,33H,1,4-5,12-16,19H2,2H3,(H,32,34). The van der Waals surface area contributed by atoms with Crippen molar-refractivity contribution >= 4 is 39.8 Å². The monoisotopic (exact) mass is 528 g/mol. The van der Waals surface area contributed by atoms with Gasteiger partial charge in [0.05, 0.1) is 16.8 Å². The van der Waals surface area contributed by atoms with Gasteiger partial charge in [-0.25, -0.2) is 4.98 Å². The number of nitrogens with one attached hydrogen (secondary N) is 2. The van der Waals surface area contributed by atoms with Crippen molar-refractivity contribution in [1.82, 2.24) is 25.1 Å². The Morgan fingerprint density at radius 3 is 2.82 bits per heavy atom. The fourth-order valence-electron chi connectivity index (χ4n) is 5.75. The molecule has 196 valence electrons. The SMILES string of the molecule is C=CC(=O)N1CCCc2ccc(-c3c(C4=CNC(CN5CCN(C)CC5)C=C4)[nH]c4nccc(Cl)c34)cc21. The lowest BCUT2D eigenvalue weighted by atomic mass is 9.93. The Hall–Kier alpha value is -3.39. The number of halogens is 1. The number of amides is 1. The maximum atomic E-state index is 12.6. The minimum atomic E-state index is -0.0736. The summed E-state index contributed by atoms with van der Waals surface area (Å²) >= 11 is 6.75. The Morgan fingerprint density at radius 2 is 2.05 bits per heavy atom. The second-order valence-corrected chi connectivity index (χ2v) is 10.8. The summed E-state index contributed by atoms with van der Waals surface area (Å²) in [6.07, 6.45) is 11.5. The van der Waals surface area contributed by atoms with Crippen molar-refractivity contribution in [2.45, 2.75) is 18.9 Å². The van der Waals surface area contributed by atoms with E-state index in [0.717, 1.165) is 84.7 Å². The highest BCUT2D eigenvalue weighted by Gasteiger charge is 2.25. The van der Waals surface area contributed by atoms with Crippen LogP contribution >= 0.6 is 11.6 Å². The third-order valence-electron chi connectivity index (χ3n) is 7.88. The molecule has 1 amide bonds. The zero-order chi connectivity index (χ0) is 26.2. The molecule has 1 atom stereocenters. The fraction of sp³-hybridized carbons (Fsp3) is 0.333. The van der Waals surface area contributed by atoms with Gasteiger partial charge >= 0.3 is 0 Å². The number of rotatable bonds is 5. The van der Waals surface area contributed by atoms with E-state index in [-0.39, 0.29) is 11.9 Å². The highest BCUT2D eigenvalue weighted by Crippen LogP contribution is 2.42. The molecule has 0 spiro atoms. The molecule has 1 saturated heterocycles. The first-order valence-corrected chi connectivity index (χ1v) is 13.7. The zero-order valence-corrected chi connectivity index (χ0v) is 22.5. The molecule has 1 aromatic carbocycles. The zero-order valence-electron chi connectivity index (χ0n) is 21.7. The van der Waals surface area contributed by atoms with E-state index in [1.807, 2.05) is 11.0 Å². The van der Waals surface area contributed by atoms with Crippen molar-refractivity contribution in [3.63, 3.8) is 0 Å². The van der Waals surface area contributed by atoms with Crippen LogP contribution in [0.2, 0.25) is 5.02 Å². The van der Waals surface area contributed by atoms with Gasteiger partial charge in [-0.05, 0) is 49.2 Å². The summed E-state index contributed by atoms with van der Waals surface area (Å²) in [4.78, 5) is 27.5. The van der Waals surface area contributed by atoms with E-state index in [1.54, 1.807) is 6.20 Å². The molecule has 0 saturated carbocycles. The predicted molar refractivity (Wildman–Crippen MR) is 155 cm³/mol. The smallest absolute Gasteiger partial charge is 0.250 e. The number of anilines is 1. The highest BCUT2D eigenvalue weighted by atomic mass is 35.5. The number of hydrogen-bond acceptors (Lipinski definition) is 5. The van der Waals surface area contributed by atoms with Crippen molar-refractivity contribution in [2.24, 2.45) is 0 Å². The average molecular weight is 529 g/mol. The Kier molecular flexibility index (Phi) is 6.82. The minimum absolute atomic E-state index is 0.0736. The van der Waals surface area contributed by atoms with E-state index in [9.17, 15) is 4.79 Å². The quantitative estimate of drug-likeness (QED) is 0.478. The summed E-state index contributed by atoms with van der Waals surface area (Å²) in [5.41, 5.74) is 6.85. The van der Waals surface area contributed by atoms with E-state index in [4.69, 9.17) is 11.6 Å². The van der Waals surface area contributed by atoms with E-state index < -0.39 is 0 Å².